The highest BCUT2D eigenvalue weighted by molar-refractivity contribution is 6.38. The number of nitrogens with zero attached hydrogens (tertiary/aromatic N) is 4. The smallest absolute Gasteiger partial charge is 0.160 e. The van der Waals surface area contributed by atoms with Gasteiger partial charge in [0, 0.05) is 118 Å². The van der Waals surface area contributed by atoms with Gasteiger partial charge in [-0.15, -0.1) is 0 Å². The van der Waals surface area contributed by atoms with Crippen molar-refractivity contribution in [2.75, 3.05) is 0 Å². The SMILES string of the molecule is CC(C)c1c2c3cccc4c5ccc6c7ccccc7oc6c5n(c2c(C(C)C)c2c5cccc6c7ccc8c9ccccc9oc8c7n(c12)c65)c43.CC(C)c1c2c3cccc4c5ccc6oc7ccccc7c6c5n(c2c(C(C)C)c2c5cccc6c7ccc8oc9ccccc9c8c7n(c12)c65)c43. The molecule has 0 unspecified atom stereocenters. The number of fused-ring (bicyclic) bond motifs is 40. The van der Waals surface area contributed by atoms with E-state index in [1.54, 1.807) is 0 Å². The number of benzene rings is 14. The van der Waals surface area contributed by atoms with Gasteiger partial charge in [-0.3, -0.25) is 0 Å². The average Bonchev–Trinajstić information content (AvgIpc) is 1.49. The molecule has 12 aromatic heterocycles. The van der Waals surface area contributed by atoms with Gasteiger partial charge in [-0.25, -0.2) is 0 Å². The number of hydrogen-bond donors (Lipinski definition) is 0. The van der Waals surface area contributed by atoms with Crippen molar-refractivity contribution in [2.24, 2.45) is 0 Å². The molecule has 0 radical (unpaired) electrons. The average molecular weight is 1340 g/mol. The quantitative estimate of drug-likeness (QED) is 0.176. The predicted molar refractivity (Wildman–Crippen MR) is 437 cm³/mol. The molecule has 8 nitrogen and oxygen atoms in total. The Morgan fingerprint density at radius 2 is 0.413 bits per heavy atom. The van der Waals surface area contributed by atoms with Crippen LogP contribution in [0.25, 0.3) is 240 Å². The molecule has 12 heterocycles. The fourth-order valence-corrected chi connectivity index (χ4v) is 20.9. The summed E-state index contributed by atoms with van der Waals surface area (Å²) >= 11 is 0. The molecular weight excluding hydrogens is 1270 g/mol. The lowest BCUT2D eigenvalue weighted by Gasteiger charge is -2.19. The summed E-state index contributed by atoms with van der Waals surface area (Å²) in [6.07, 6.45) is 0. The molecule has 26 aromatic rings. The van der Waals surface area contributed by atoms with Crippen molar-refractivity contribution in [1.29, 1.82) is 0 Å². The van der Waals surface area contributed by atoms with Gasteiger partial charge in [-0.2, -0.15) is 0 Å². The fourth-order valence-electron chi connectivity index (χ4n) is 20.9. The van der Waals surface area contributed by atoms with Crippen LogP contribution in [-0.4, -0.2) is 17.6 Å². The second-order valence-electron chi connectivity index (χ2n) is 31.1. The summed E-state index contributed by atoms with van der Waals surface area (Å²) in [6, 6.07) is 79.6. The molecule has 0 aliphatic heterocycles. The van der Waals surface area contributed by atoms with E-state index in [2.05, 4.69) is 291 Å². The molecule has 8 heteroatoms. The van der Waals surface area contributed by atoms with E-state index in [0.29, 0.717) is 0 Å². The molecule has 0 N–H and O–H groups in total. The summed E-state index contributed by atoms with van der Waals surface area (Å²) < 4.78 is 37.1. The van der Waals surface area contributed by atoms with Crippen molar-refractivity contribution in [2.45, 2.75) is 79.1 Å². The summed E-state index contributed by atoms with van der Waals surface area (Å²) in [7, 11) is 0. The topological polar surface area (TPSA) is 70.2 Å². The molecule has 104 heavy (non-hydrogen) atoms. The van der Waals surface area contributed by atoms with Gasteiger partial charge in [0.05, 0.1) is 77.0 Å². The first-order valence-electron chi connectivity index (χ1n) is 37.0. The lowest BCUT2D eigenvalue weighted by Crippen LogP contribution is -2.01. The lowest BCUT2D eigenvalue weighted by atomic mass is 9.87. The molecule has 0 bridgehead atoms. The third kappa shape index (κ3) is 6.38. The van der Waals surface area contributed by atoms with Crippen LogP contribution in [0.5, 0.6) is 0 Å². The van der Waals surface area contributed by atoms with Gasteiger partial charge in [0.1, 0.15) is 33.5 Å². The highest BCUT2D eigenvalue weighted by Crippen LogP contribution is 2.57. The number of aromatic nitrogens is 4. The first-order valence-corrected chi connectivity index (χ1v) is 37.0. The van der Waals surface area contributed by atoms with Crippen molar-refractivity contribution in [1.82, 2.24) is 17.6 Å². The van der Waals surface area contributed by atoms with E-state index in [-0.39, 0.29) is 23.7 Å². The Kier molecular flexibility index (Phi) is 10.2. The van der Waals surface area contributed by atoms with Gasteiger partial charge in [0.25, 0.3) is 0 Å². The predicted octanol–water partition coefficient (Wildman–Crippen LogP) is 28.1. The first kappa shape index (κ1) is 56.2. The summed E-state index contributed by atoms with van der Waals surface area (Å²) in [4.78, 5) is 0. The Balaban J connectivity index is 0.000000121. The zero-order valence-corrected chi connectivity index (χ0v) is 58.5. The largest absolute Gasteiger partial charge is 0.456 e. The van der Waals surface area contributed by atoms with E-state index in [9.17, 15) is 0 Å². The standard InChI is InChI=1S/2C48H32N2O2/c1-23(2)37-41-31-15-9-13-25-28-20-22-36-40(30-12-6-8-18-34(30)52-36)46(28)50(43(25)31)48(41)38(24(3)4)42-32-16-10-14-26-27-19-21-35-39(29-11-5-7-17-33(29)51-35)45(27)49(44(26)32)47(37)42;1-23(2)37-39-33-15-9-13-27-30-20-22-32-26-12-6-8-18-36(26)52-48(32)44(30)50(41(27)33)46(39)38(24(3)4)40-34-16-10-14-28-29-19-21-31-25-11-5-7-17-35(25)51-47(31)43(29)49(42(28)34)45(37)40/h2*5-24H,1-4H3. The molecule has 14 aromatic carbocycles. The second kappa shape index (κ2) is 19.0. The minimum atomic E-state index is 0.248. The van der Waals surface area contributed by atoms with Gasteiger partial charge in [0.15, 0.2) is 11.2 Å². The Hall–Kier alpha value is -12.5. The molecule has 0 amide bonds. The van der Waals surface area contributed by atoms with Crippen LogP contribution in [0.3, 0.4) is 0 Å². The number of rotatable bonds is 4. The number of para-hydroxylation sites is 8. The Morgan fingerprint density at radius 3 is 0.740 bits per heavy atom. The van der Waals surface area contributed by atoms with Crippen molar-refractivity contribution >= 4 is 240 Å². The lowest BCUT2D eigenvalue weighted by molar-refractivity contribution is 0.669. The van der Waals surface area contributed by atoms with Crippen LogP contribution >= 0.6 is 0 Å². The maximum atomic E-state index is 6.81. The maximum Gasteiger partial charge on any atom is 0.160 e. The Bertz CT molecular complexity index is 7880. The summed E-state index contributed by atoms with van der Waals surface area (Å²) in [5.74, 6) is 1.01. The third-order valence-electron chi connectivity index (χ3n) is 24.5. The van der Waals surface area contributed by atoms with Crippen LogP contribution < -0.4 is 0 Å². The van der Waals surface area contributed by atoms with Gasteiger partial charge in [-0.1, -0.05) is 213 Å². The second-order valence-corrected chi connectivity index (χ2v) is 31.1. The minimum absolute atomic E-state index is 0.248. The Labute approximate surface area is 591 Å². The highest BCUT2D eigenvalue weighted by atomic mass is 16.3. The van der Waals surface area contributed by atoms with Crippen LogP contribution in [0, 0.1) is 0 Å². The molecule has 0 atom stereocenters. The number of hydrogen-bond acceptors (Lipinski definition) is 4. The molecule has 0 aliphatic rings. The van der Waals surface area contributed by atoms with Crippen LogP contribution in [0.4, 0.5) is 0 Å². The fraction of sp³-hybridized carbons (Fsp3) is 0.125. The van der Waals surface area contributed by atoms with Crippen LogP contribution in [0.2, 0.25) is 0 Å². The summed E-state index contributed by atoms with van der Waals surface area (Å²) in [5.41, 5.74) is 28.4. The molecule has 0 saturated heterocycles. The van der Waals surface area contributed by atoms with Crippen LogP contribution in [0.1, 0.15) is 101 Å². The van der Waals surface area contributed by atoms with E-state index in [4.69, 9.17) is 17.7 Å². The molecular formula is C96H64N4O4. The molecule has 0 saturated carbocycles. The molecule has 492 valence electrons. The number of furan rings is 4. The van der Waals surface area contributed by atoms with Gasteiger partial charge < -0.3 is 35.3 Å². The van der Waals surface area contributed by atoms with E-state index >= 15 is 0 Å². The van der Waals surface area contributed by atoms with Gasteiger partial charge in [-0.05, 0) is 107 Å². The maximum absolute atomic E-state index is 6.81. The van der Waals surface area contributed by atoms with Crippen molar-refractivity contribution in [3.63, 3.8) is 0 Å². The zero-order valence-electron chi connectivity index (χ0n) is 58.5. The van der Waals surface area contributed by atoms with E-state index in [0.717, 1.165) is 88.0 Å². The summed E-state index contributed by atoms with van der Waals surface area (Å²) in [6.45, 7) is 19.0. The van der Waals surface area contributed by atoms with Crippen molar-refractivity contribution < 1.29 is 17.7 Å². The first-order chi connectivity index (χ1) is 51.0. The van der Waals surface area contributed by atoms with E-state index < -0.39 is 0 Å². The van der Waals surface area contributed by atoms with Crippen molar-refractivity contribution in [3.8, 4) is 0 Å². The molecule has 26 rings (SSSR count). The van der Waals surface area contributed by atoms with E-state index in [1.807, 2.05) is 0 Å². The van der Waals surface area contributed by atoms with Crippen LogP contribution in [0.15, 0.2) is 236 Å². The molecule has 0 spiro atoms. The third-order valence-corrected chi connectivity index (χ3v) is 24.5. The van der Waals surface area contributed by atoms with Gasteiger partial charge >= 0.3 is 0 Å². The monoisotopic (exact) mass is 1340 g/mol. The van der Waals surface area contributed by atoms with Crippen LogP contribution in [-0.2, 0) is 0 Å². The molecule has 0 aliphatic carbocycles. The molecule has 0 fully saturated rings. The highest BCUT2D eigenvalue weighted by Gasteiger charge is 2.36. The van der Waals surface area contributed by atoms with Gasteiger partial charge in [0.2, 0.25) is 0 Å². The normalized spacial score (nSPS) is 13.3. The zero-order chi connectivity index (χ0) is 68.6. The minimum Gasteiger partial charge on any atom is -0.456 e. The van der Waals surface area contributed by atoms with E-state index in [1.165, 1.54) is 174 Å². The summed E-state index contributed by atoms with van der Waals surface area (Å²) in [5, 5.41) is 30.2. The Morgan fingerprint density at radius 1 is 0.173 bits per heavy atom. The van der Waals surface area contributed by atoms with Crippen molar-refractivity contribution in [3.05, 3.63) is 241 Å².